The van der Waals surface area contributed by atoms with Crippen LogP contribution in [0.25, 0.3) is 0 Å². The highest BCUT2D eigenvalue weighted by atomic mass is 16.7. The Kier molecular flexibility index (Phi) is 6.37. The van der Waals surface area contributed by atoms with Gasteiger partial charge >= 0.3 is 0 Å². The molecule has 0 aliphatic carbocycles. The average Bonchev–Trinajstić information content (AvgIpc) is 2.92. The Morgan fingerprint density at radius 2 is 1.50 bits per heavy atom. The van der Waals surface area contributed by atoms with E-state index >= 15 is 0 Å². The van der Waals surface area contributed by atoms with Crippen molar-refractivity contribution in [1.82, 2.24) is 0 Å². The molecule has 26 heavy (non-hydrogen) atoms. The molecule has 1 saturated heterocycles. The maximum atomic E-state index is 10.8. The third-order valence-electron chi connectivity index (χ3n) is 4.36. The molecule has 0 saturated carbocycles. The van der Waals surface area contributed by atoms with Gasteiger partial charge in [-0.25, -0.2) is 0 Å². The number of hydrogen-bond acceptors (Lipinski definition) is 6. The molecule has 6 nitrogen and oxygen atoms in total. The summed E-state index contributed by atoms with van der Waals surface area (Å²) < 4.78 is 16.8. The molecule has 1 aliphatic heterocycles. The van der Waals surface area contributed by atoms with E-state index in [1.807, 2.05) is 60.7 Å². The monoisotopic (exact) mass is 360 g/mol. The van der Waals surface area contributed by atoms with Crippen molar-refractivity contribution >= 4 is 0 Å². The molecule has 2 aromatic rings. The number of aliphatic hydroxyl groups is 3. The van der Waals surface area contributed by atoms with Crippen LogP contribution in [-0.4, -0.2) is 52.6 Å². The van der Waals surface area contributed by atoms with E-state index in [0.717, 1.165) is 11.1 Å². The highest BCUT2D eigenvalue weighted by molar-refractivity contribution is 5.14. The predicted molar refractivity (Wildman–Crippen MR) is 94.0 cm³/mol. The van der Waals surface area contributed by atoms with Crippen LogP contribution in [0.4, 0.5) is 0 Å². The van der Waals surface area contributed by atoms with Gasteiger partial charge in [0.2, 0.25) is 5.79 Å². The largest absolute Gasteiger partial charge is 0.394 e. The SMILES string of the molecule is OC[C@H]1OC(O)(COCc2ccccc2)[C@@H](OCc2ccccc2)[C@@H]1O. The lowest BCUT2D eigenvalue weighted by molar-refractivity contribution is -0.266. The Balaban J connectivity index is 1.63. The van der Waals surface area contributed by atoms with Gasteiger partial charge in [-0.05, 0) is 11.1 Å². The zero-order valence-corrected chi connectivity index (χ0v) is 14.4. The molecule has 0 bridgehead atoms. The first kappa shape index (κ1) is 19.0. The summed E-state index contributed by atoms with van der Waals surface area (Å²) in [5.41, 5.74) is 1.86. The zero-order chi connectivity index (χ0) is 18.4. The van der Waals surface area contributed by atoms with Crippen molar-refractivity contribution in [3.05, 3.63) is 71.8 Å². The van der Waals surface area contributed by atoms with Crippen molar-refractivity contribution in [1.29, 1.82) is 0 Å². The average molecular weight is 360 g/mol. The smallest absolute Gasteiger partial charge is 0.219 e. The number of hydrogen-bond donors (Lipinski definition) is 3. The summed E-state index contributed by atoms with van der Waals surface area (Å²) in [5.74, 6) is -1.84. The maximum Gasteiger partial charge on any atom is 0.219 e. The molecule has 0 amide bonds. The van der Waals surface area contributed by atoms with Crippen LogP contribution in [0, 0.1) is 0 Å². The van der Waals surface area contributed by atoms with Crippen LogP contribution in [0.1, 0.15) is 11.1 Å². The first-order valence-corrected chi connectivity index (χ1v) is 8.59. The fourth-order valence-corrected chi connectivity index (χ4v) is 3.00. The molecule has 1 heterocycles. The van der Waals surface area contributed by atoms with Crippen molar-refractivity contribution in [2.45, 2.75) is 37.3 Å². The number of rotatable bonds is 8. The van der Waals surface area contributed by atoms with Gasteiger partial charge in [-0.15, -0.1) is 0 Å². The molecule has 1 unspecified atom stereocenters. The maximum absolute atomic E-state index is 10.8. The Labute approximate surface area is 152 Å². The van der Waals surface area contributed by atoms with Crippen molar-refractivity contribution in [3.8, 4) is 0 Å². The minimum absolute atomic E-state index is 0.186. The summed E-state index contributed by atoms with van der Waals surface area (Å²) in [6, 6.07) is 19.0. The van der Waals surface area contributed by atoms with Gasteiger partial charge in [-0.2, -0.15) is 0 Å². The van der Waals surface area contributed by atoms with Crippen LogP contribution in [0.5, 0.6) is 0 Å². The van der Waals surface area contributed by atoms with E-state index in [1.54, 1.807) is 0 Å². The van der Waals surface area contributed by atoms with Gasteiger partial charge in [0.15, 0.2) is 0 Å². The molecule has 2 aromatic carbocycles. The lowest BCUT2D eigenvalue weighted by Gasteiger charge is -2.29. The molecule has 140 valence electrons. The molecule has 3 N–H and O–H groups in total. The number of benzene rings is 2. The number of aliphatic hydroxyl groups excluding tert-OH is 2. The zero-order valence-electron chi connectivity index (χ0n) is 14.4. The molecule has 0 radical (unpaired) electrons. The fraction of sp³-hybridized carbons (Fsp3) is 0.400. The minimum atomic E-state index is -1.84. The molecule has 4 atom stereocenters. The van der Waals surface area contributed by atoms with E-state index in [2.05, 4.69) is 0 Å². The van der Waals surface area contributed by atoms with Gasteiger partial charge in [0.05, 0.1) is 19.8 Å². The summed E-state index contributed by atoms with van der Waals surface area (Å²) in [6.45, 7) is -0.120. The quantitative estimate of drug-likeness (QED) is 0.656. The highest BCUT2D eigenvalue weighted by Gasteiger charge is 2.55. The Hall–Kier alpha value is -1.80. The highest BCUT2D eigenvalue weighted by Crippen LogP contribution is 2.32. The summed E-state index contributed by atoms with van der Waals surface area (Å²) in [5, 5.41) is 30.6. The second kappa shape index (κ2) is 8.73. The first-order chi connectivity index (χ1) is 12.6. The molecule has 0 aromatic heterocycles. The third-order valence-corrected chi connectivity index (χ3v) is 4.36. The van der Waals surface area contributed by atoms with Crippen LogP contribution >= 0.6 is 0 Å². The lowest BCUT2D eigenvalue weighted by Crippen LogP contribution is -2.48. The summed E-state index contributed by atoms with van der Waals surface area (Å²) in [4.78, 5) is 0. The molecule has 1 aliphatic rings. The standard InChI is InChI=1S/C20H24O6/c21-11-17-18(22)19(25-13-16-9-5-2-6-10-16)20(23,26-17)14-24-12-15-7-3-1-4-8-15/h1-10,17-19,21-23H,11-14H2/t17-,18-,19+,20?/m1/s1. The third kappa shape index (κ3) is 4.48. The van der Waals surface area contributed by atoms with Crippen LogP contribution in [0.3, 0.4) is 0 Å². The Morgan fingerprint density at radius 1 is 0.923 bits per heavy atom. The Morgan fingerprint density at radius 3 is 2.08 bits per heavy atom. The molecule has 0 spiro atoms. The van der Waals surface area contributed by atoms with Gasteiger partial charge < -0.3 is 29.5 Å². The van der Waals surface area contributed by atoms with Crippen molar-refractivity contribution in [2.75, 3.05) is 13.2 Å². The second-order valence-corrected chi connectivity index (χ2v) is 6.37. The van der Waals surface area contributed by atoms with Gasteiger partial charge in [0.25, 0.3) is 0 Å². The van der Waals surface area contributed by atoms with E-state index < -0.39 is 30.7 Å². The van der Waals surface area contributed by atoms with Gasteiger partial charge in [-0.3, -0.25) is 0 Å². The van der Waals surface area contributed by atoms with Gasteiger partial charge in [0.1, 0.15) is 24.9 Å². The summed E-state index contributed by atoms with van der Waals surface area (Å²) >= 11 is 0. The van der Waals surface area contributed by atoms with Crippen molar-refractivity contribution < 1.29 is 29.5 Å². The van der Waals surface area contributed by atoms with Gasteiger partial charge in [-0.1, -0.05) is 60.7 Å². The molecular formula is C20H24O6. The van der Waals surface area contributed by atoms with Gasteiger partial charge in [0, 0.05) is 0 Å². The van der Waals surface area contributed by atoms with E-state index in [0.29, 0.717) is 0 Å². The molecule has 1 fully saturated rings. The van der Waals surface area contributed by atoms with Crippen LogP contribution in [0.2, 0.25) is 0 Å². The van der Waals surface area contributed by atoms with Crippen molar-refractivity contribution in [3.63, 3.8) is 0 Å². The molecule has 6 heteroatoms. The molecule has 3 rings (SSSR count). The lowest BCUT2D eigenvalue weighted by atomic mass is 10.1. The fourth-order valence-electron chi connectivity index (χ4n) is 3.00. The second-order valence-electron chi connectivity index (χ2n) is 6.37. The summed E-state index contributed by atoms with van der Waals surface area (Å²) in [6.07, 6.45) is -3.12. The van der Waals surface area contributed by atoms with Crippen molar-refractivity contribution in [2.24, 2.45) is 0 Å². The topological polar surface area (TPSA) is 88.4 Å². The normalized spacial score (nSPS) is 28.3. The predicted octanol–water partition coefficient (Wildman–Crippen LogP) is 1.23. The van der Waals surface area contributed by atoms with E-state index in [-0.39, 0.29) is 19.8 Å². The van der Waals surface area contributed by atoms with Crippen LogP contribution in [-0.2, 0) is 27.4 Å². The van der Waals surface area contributed by atoms with E-state index in [4.69, 9.17) is 14.2 Å². The minimum Gasteiger partial charge on any atom is -0.394 e. The van der Waals surface area contributed by atoms with Crippen LogP contribution < -0.4 is 0 Å². The van der Waals surface area contributed by atoms with Crippen LogP contribution in [0.15, 0.2) is 60.7 Å². The van der Waals surface area contributed by atoms with E-state index in [1.165, 1.54) is 0 Å². The Bertz CT molecular complexity index is 665. The van der Waals surface area contributed by atoms with E-state index in [9.17, 15) is 15.3 Å². The molecular weight excluding hydrogens is 336 g/mol. The number of ether oxygens (including phenoxy) is 3. The summed E-state index contributed by atoms with van der Waals surface area (Å²) in [7, 11) is 0. The first-order valence-electron chi connectivity index (χ1n) is 8.59.